The van der Waals surface area contributed by atoms with Gasteiger partial charge in [-0.25, -0.2) is 4.79 Å². The minimum Gasteiger partial charge on any atom is -0.494 e. The number of hydrogen-bond acceptors (Lipinski definition) is 4. The van der Waals surface area contributed by atoms with Crippen LogP contribution in [0.3, 0.4) is 0 Å². The van der Waals surface area contributed by atoms with E-state index in [0.717, 1.165) is 0 Å². The fourth-order valence-electron chi connectivity index (χ4n) is 1.40. The lowest BCUT2D eigenvalue weighted by atomic mass is 10.2. The Balaban J connectivity index is 2.36. The van der Waals surface area contributed by atoms with Crippen LogP contribution < -0.4 is 11.0 Å². The monoisotopic (exact) mass is 263 g/mol. The minimum absolute atomic E-state index is 0.121. The summed E-state index contributed by atoms with van der Waals surface area (Å²) >= 11 is 4.82. The van der Waals surface area contributed by atoms with E-state index in [1.54, 1.807) is 30.3 Å². The molecule has 0 saturated carbocycles. The smallest absolute Gasteiger partial charge is 0.326 e. The number of aromatic nitrogens is 2. The molecule has 4 N–H and O–H groups in total. The molecule has 1 amide bonds. The van der Waals surface area contributed by atoms with Gasteiger partial charge < -0.3 is 10.4 Å². The fourth-order valence-corrected chi connectivity index (χ4v) is 1.68. The van der Waals surface area contributed by atoms with Crippen LogP contribution in [-0.2, 0) is 0 Å². The Bertz CT molecular complexity index is 691. The zero-order valence-electron chi connectivity index (χ0n) is 9.06. The van der Waals surface area contributed by atoms with Gasteiger partial charge in [0.05, 0.1) is 0 Å². The minimum atomic E-state index is -0.672. The molecule has 1 aromatic heterocycles. The maximum atomic E-state index is 11.9. The second-order valence-electron chi connectivity index (χ2n) is 3.45. The number of nitrogens with one attached hydrogen (secondary N) is 3. The van der Waals surface area contributed by atoms with Gasteiger partial charge in [-0.05, 0) is 12.1 Å². The summed E-state index contributed by atoms with van der Waals surface area (Å²) in [6.07, 6.45) is 0. The Morgan fingerprint density at radius 1 is 1.22 bits per heavy atom. The first-order chi connectivity index (χ1) is 8.58. The summed E-state index contributed by atoms with van der Waals surface area (Å²) in [5.74, 6) is -1.16. The average Bonchev–Trinajstić information content (AvgIpc) is 2.28. The van der Waals surface area contributed by atoms with Crippen molar-refractivity contribution in [3.63, 3.8) is 0 Å². The molecule has 0 radical (unpaired) electrons. The van der Waals surface area contributed by atoms with Crippen molar-refractivity contribution in [3.8, 4) is 5.88 Å². The highest BCUT2D eigenvalue weighted by molar-refractivity contribution is 7.71. The summed E-state index contributed by atoms with van der Waals surface area (Å²) in [5.41, 5.74) is -0.287. The first-order valence-electron chi connectivity index (χ1n) is 5.00. The lowest BCUT2D eigenvalue weighted by Gasteiger charge is -2.06. The number of para-hydroxylation sites is 1. The van der Waals surface area contributed by atoms with E-state index >= 15 is 0 Å². The van der Waals surface area contributed by atoms with Crippen molar-refractivity contribution in [2.24, 2.45) is 0 Å². The van der Waals surface area contributed by atoms with Gasteiger partial charge in [0.2, 0.25) is 5.88 Å². The number of H-pyrrole nitrogens is 2. The van der Waals surface area contributed by atoms with Crippen molar-refractivity contribution in [3.05, 3.63) is 51.0 Å². The zero-order valence-corrected chi connectivity index (χ0v) is 9.88. The van der Waals surface area contributed by atoms with Crippen molar-refractivity contribution in [1.29, 1.82) is 0 Å². The standard InChI is InChI=1S/C11H9N3O3S/c15-8(12-6-4-2-1-3-5-6)7-9(16)13-11(17)14-10(7)18/h1-5H,(H,12,15)(H3,13,14,16,17,18). The van der Waals surface area contributed by atoms with E-state index in [0.29, 0.717) is 5.69 Å². The number of hydrogen-bond donors (Lipinski definition) is 4. The van der Waals surface area contributed by atoms with Crippen LogP contribution in [0.2, 0.25) is 0 Å². The molecule has 18 heavy (non-hydrogen) atoms. The van der Waals surface area contributed by atoms with Gasteiger partial charge in [0.1, 0.15) is 10.2 Å². The van der Waals surface area contributed by atoms with E-state index in [2.05, 4.69) is 15.3 Å². The molecule has 0 aliphatic rings. The van der Waals surface area contributed by atoms with Gasteiger partial charge in [-0.3, -0.25) is 14.8 Å². The third-order valence-corrected chi connectivity index (χ3v) is 2.49. The topological polar surface area (TPSA) is 98.0 Å². The lowest BCUT2D eigenvalue weighted by molar-refractivity contribution is 0.102. The highest BCUT2D eigenvalue weighted by atomic mass is 32.1. The van der Waals surface area contributed by atoms with Crippen LogP contribution >= 0.6 is 12.2 Å². The number of amides is 1. The van der Waals surface area contributed by atoms with E-state index in [1.807, 2.05) is 0 Å². The predicted molar refractivity (Wildman–Crippen MR) is 68.3 cm³/mol. The highest BCUT2D eigenvalue weighted by Crippen LogP contribution is 2.14. The van der Waals surface area contributed by atoms with Crippen molar-refractivity contribution in [2.75, 3.05) is 5.32 Å². The second-order valence-corrected chi connectivity index (χ2v) is 3.86. The fraction of sp³-hybridized carbons (Fsp3) is 0. The Labute approximate surface area is 106 Å². The number of aromatic amines is 2. The number of carbonyl (C=O) groups is 1. The molecule has 0 spiro atoms. The quantitative estimate of drug-likeness (QED) is 0.615. The molecule has 1 aromatic carbocycles. The van der Waals surface area contributed by atoms with Crippen LogP contribution in [-0.4, -0.2) is 21.0 Å². The normalized spacial score (nSPS) is 10.0. The van der Waals surface area contributed by atoms with Gasteiger partial charge >= 0.3 is 5.69 Å². The van der Waals surface area contributed by atoms with Gasteiger partial charge in [-0.1, -0.05) is 30.4 Å². The van der Waals surface area contributed by atoms with Gasteiger partial charge in [0, 0.05) is 5.69 Å². The molecule has 2 rings (SSSR count). The molecule has 2 aromatic rings. The number of rotatable bonds is 2. The van der Waals surface area contributed by atoms with Crippen LogP contribution in [0.25, 0.3) is 0 Å². The first kappa shape index (κ1) is 12.1. The summed E-state index contributed by atoms with van der Waals surface area (Å²) in [5, 5.41) is 12.1. The molecule has 0 bridgehead atoms. The van der Waals surface area contributed by atoms with Gasteiger partial charge in [-0.2, -0.15) is 0 Å². The predicted octanol–water partition coefficient (Wildman–Crippen LogP) is 1.39. The van der Waals surface area contributed by atoms with Crippen LogP contribution in [0.5, 0.6) is 5.88 Å². The van der Waals surface area contributed by atoms with Crippen LogP contribution in [0, 0.1) is 4.64 Å². The number of anilines is 1. The maximum absolute atomic E-state index is 11.9. The zero-order chi connectivity index (χ0) is 13.1. The second kappa shape index (κ2) is 4.84. The molecule has 0 atom stereocenters. The molecule has 0 unspecified atom stereocenters. The summed E-state index contributed by atoms with van der Waals surface area (Å²) in [6.45, 7) is 0. The summed E-state index contributed by atoms with van der Waals surface area (Å²) in [6, 6.07) is 8.69. The van der Waals surface area contributed by atoms with E-state index < -0.39 is 17.5 Å². The summed E-state index contributed by atoms with van der Waals surface area (Å²) in [7, 11) is 0. The summed E-state index contributed by atoms with van der Waals surface area (Å²) < 4.78 is -0.121. The van der Waals surface area contributed by atoms with Crippen molar-refractivity contribution < 1.29 is 9.90 Å². The Kier molecular flexibility index (Phi) is 3.24. The molecule has 0 fully saturated rings. The SMILES string of the molecule is O=C(Nc1ccccc1)c1c(O)[nH]c(=O)[nH]c1=S. The van der Waals surface area contributed by atoms with Gasteiger partial charge in [0.25, 0.3) is 5.91 Å². The first-order valence-corrected chi connectivity index (χ1v) is 5.40. The number of benzene rings is 1. The number of aromatic hydroxyl groups is 1. The van der Waals surface area contributed by atoms with Crippen molar-refractivity contribution in [1.82, 2.24) is 9.97 Å². The molecule has 7 heteroatoms. The molecule has 92 valence electrons. The molecule has 0 saturated heterocycles. The van der Waals surface area contributed by atoms with Crippen LogP contribution in [0.1, 0.15) is 10.4 Å². The Morgan fingerprint density at radius 3 is 2.50 bits per heavy atom. The Morgan fingerprint density at radius 2 is 1.89 bits per heavy atom. The lowest BCUT2D eigenvalue weighted by Crippen LogP contribution is -2.18. The van der Waals surface area contributed by atoms with Gasteiger partial charge in [-0.15, -0.1) is 0 Å². The molecular formula is C11H9N3O3S. The van der Waals surface area contributed by atoms with Crippen LogP contribution in [0.4, 0.5) is 5.69 Å². The van der Waals surface area contributed by atoms with Crippen LogP contribution in [0.15, 0.2) is 35.1 Å². The third kappa shape index (κ3) is 2.46. The molecule has 6 nitrogen and oxygen atoms in total. The van der Waals surface area contributed by atoms with E-state index in [-0.39, 0.29) is 10.2 Å². The molecule has 1 heterocycles. The molecular weight excluding hydrogens is 254 g/mol. The Hall–Kier alpha value is -2.41. The van der Waals surface area contributed by atoms with Crippen molar-refractivity contribution >= 4 is 23.8 Å². The largest absolute Gasteiger partial charge is 0.494 e. The average molecular weight is 263 g/mol. The van der Waals surface area contributed by atoms with Gasteiger partial charge in [0.15, 0.2) is 0 Å². The van der Waals surface area contributed by atoms with E-state index in [4.69, 9.17) is 12.2 Å². The number of carbonyl (C=O) groups excluding carboxylic acids is 1. The highest BCUT2D eigenvalue weighted by Gasteiger charge is 2.15. The van der Waals surface area contributed by atoms with Crippen molar-refractivity contribution in [2.45, 2.75) is 0 Å². The molecule has 0 aliphatic heterocycles. The maximum Gasteiger partial charge on any atom is 0.326 e. The van der Waals surface area contributed by atoms with E-state index in [9.17, 15) is 14.7 Å². The molecule has 0 aliphatic carbocycles. The summed E-state index contributed by atoms with van der Waals surface area (Å²) in [4.78, 5) is 27.2. The van der Waals surface area contributed by atoms with E-state index in [1.165, 1.54) is 0 Å². The third-order valence-electron chi connectivity index (χ3n) is 2.18.